The molecule has 0 spiro atoms. The van der Waals surface area contributed by atoms with Gasteiger partial charge in [0, 0.05) is 11.7 Å². The fourth-order valence-electron chi connectivity index (χ4n) is 2.28. The molecule has 1 atom stereocenters. The van der Waals surface area contributed by atoms with Gasteiger partial charge in [-0.05, 0) is 25.0 Å². The average molecular weight is 272 g/mol. The summed E-state index contributed by atoms with van der Waals surface area (Å²) in [7, 11) is 0. The van der Waals surface area contributed by atoms with E-state index in [0.29, 0.717) is 0 Å². The second-order valence-electron chi connectivity index (χ2n) is 4.70. The fourth-order valence-corrected chi connectivity index (χ4v) is 2.28. The molecule has 0 bridgehead atoms. The van der Waals surface area contributed by atoms with Crippen molar-refractivity contribution in [1.29, 1.82) is 0 Å². The number of carbonyl (C=O) groups is 1. The van der Waals surface area contributed by atoms with Crippen molar-refractivity contribution in [3.63, 3.8) is 0 Å². The molecule has 6 heteroatoms. The van der Waals surface area contributed by atoms with Gasteiger partial charge in [0.05, 0.1) is 6.54 Å². The van der Waals surface area contributed by atoms with Gasteiger partial charge in [0.2, 0.25) is 5.91 Å². The molecule has 0 radical (unpaired) electrons. The fraction of sp³-hybridized carbons (Fsp3) is 0.462. The number of fused-ring (bicyclic) bond motifs is 1. The Morgan fingerprint density at radius 2 is 2.11 bits per heavy atom. The molecule has 0 aliphatic carbocycles. The van der Waals surface area contributed by atoms with Crippen LogP contribution in [0.5, 0.6) is 0 Å². The number of alkyl halides is 3. The van der Waals surface area contributed by atoms with Crippen molar-refractivity contribution in [2.24, 2.45) is 0 Å². The van der Waals surface area contributed by atoms with E-state index in [4.69, 9.17) is 0 Å². The smallest absolute Gasteiger partial charge is 0.359 e. The molecule has 0 saturated heterocycles. The molecule has 0 aromatic heterocycles. The highest BCUT2D eigenvalue weighted by atomic mass is 19.4. The van der Waals surface area contributed by atoms with Crippen LogP contribution in [0.3, 0.4) is 0 Å². The lowest BCUT2D eigenvalue weighted by Crippen LogP contribution is -2.43. The minimum atomic E-state index is -4.37. The number of hydrogen-bond donors (Lipinski definition) is 1. The Hall–Kier alpha value is -1.72. The van der Waals surface area contributed by atoms with Crippen molar-refractivity contribution in [2.45, 2.75) is 25.6 Å². The Morgan fingerprint density at radius 1 is 1.42 bits per heavy atom. The Labute approximate surface area is 109 Å². The number of carbonyl (C=O) groups excluding carboxylic acids is 1. The zero-order valence-corrected chi connectivity index (χ0v) is 10.5. The lowest BCUT2D eigenvalue weighted by Gasteiger charge is -2.24. The van der Waals surface area contributed by atoms with Crippen molar-refractivity contribution in [1.82, 2.24) is 5.32 Å². The van der Waals surface area contributed by atoms with Crippen LogP contribution in [0.4, 0.5) is 18.9 Å². The molecule has 0 saturated carbocycles. The quantitative estimate of drug-likeness (QED) is 0.914. The molecular formula is C13H15F3N2O. The Morgan fingerprint density at radius 3 is 2.79 bits per heavy atom. The highest BCUT2D eigenvalue weighted by Crippen LogP contribution is 2.31. The van der Waals surface area contributed by atoms with Gasteiger partial charge in [-0.15, -0.1) is 0 Å². The van der Waals surface area contributed by atoms with Crippen LogP contribution in [0.2, 0.25) is 0 Å². The first-order valence-corrected chi connectivity index (χ1v) is 6.05. The largest absolute Gasteiger partial charge is 0.405 e. The van der Waals surface area contributed by atoms with Gasteiger partial charge in [-0.25, -0.2) is 0 Å². The van der Waals surface area contributed by atoms with Gasteiger partial charge in [0.1, 0.15) is 6.54 Å². The van der Waals surface area contributed by atoms with Crippen LogP contribution in [0.25, 0.3) is 0 Å². The van der Waals surface area contributed by atoms with Crippen LogP contribution in [0, 0.1) is 0 Å². The van der Waals surface area contributed by atoms with E-state index in [2.05, 4.69) is 0 Å². The molecular weight excluding hydrogens is 257 g/mol. The molecule has 1 unspecified atom stereocenters. The van der Waals surface area contributed by atoms with Crippen LogP contribution in [0.1, 0.15) is 12.5 Å². The van der Waals surface area contributed by atoms with Crippen LogP contribution in [-0.2, 0) is 11.2 Å². The maximum atomic E-state index is 12.0. The Bertz CT molecular complexity index is 473. The van der Waals surface area contributed by atoms with Gasteiger partial charge in [0.15, 0.2) is 0 Å². The van der Waals surface area contributed by atoms with Crippen LogP contribution >= 0.6 is 0 Å². The minimum Gasteiger partial charge on any atom is -0.359 e. The summed E-state index contributed by atoms with van der Waals surface area (Å²) in [4.78, 5) is 13.4. The van der Waals surface area contributed by atoms with E-state index < -0.39 is 18.6 Å². The maximum Gasteiger partial charge on any atom is 0.405 e. The second kappa shape index (κ2) is 5.11. The first-order chi connectivity index (χ1) is 8.87. The summed E-state index contributed by atoms with van der Waals surface area (Å²) in [5, 5.41) is 1.90. The molecule has 19 heavy (non-hydrogen) atoms. The zero-order valence-electron chi connectivity index (χ0n) is 10.5. The number of hydrogen-bond acceptors (Lipinski definition) is 2. The highest BCUT2D eigenvalue weighted by molar-refractivity contribution is 5.82. The monoisotopic (exact) mass is 272 g/mol. The van der Waals surface area contributed by atoms with Gasteiger partial charge in [0.25, 0.3) is 0 Å². The lowest BCUT2D eigenvalue weighted by molar-refractivity contribution is -0.137. The molecule has 1 N–H and O–H groups in total. The third-order valence-electron chi connectivity index (χ3n) is 3.15. The summed E-state index contributed by atoms with van der Waals surface area (Å²) in [6.45, 7) is 0.626. The van der Waals surface area contributed by atoms with Crippen molar-refractivity contribution in [3.8, 4) is 0 Å². The first-order valence-electron chi connectivity index (χ1n) is 6.05. The Balaban J connectivity index is 1.98. The third-order valence-corrected chi connectivity index (χ3v) is 3.15. The van der Waals surface area contributed by atoms with Gasteiger partial charge in [-0.3, -0.25) is 4.79 Å². The normalized spacial score (nSPS) is 18.3. The summed E-state index contributed by atoms with van der Waals surface area (Å²) >= 11 is 0. The number of nitrogens with one attached hydrogen (secondary N) is 1. The number of benzene rings is 1. The topological polar surface area (TPSA) is 32.3 Å². The van der Waals surface area contributed by atoms with Crippen molar-refractivity contribution >= 4 is 11.6 Å². The number of amides is 1. The number of anilines is 1. The molecule has 2 rings (SSSR count). The van der Waals surface area contributed by atoms with E-state index in [9.17, 15) is 18.0 Å². The standard InChI is InChI=1S/C13H15F3N2O/c1-9-6-10-4-2-3-5-11(10)18(9)7-12(19)17-8-13(14,15)16/h2-5,9H,6-8H2,1H3,(H,17,19). The van der Waals surface area contributed by atoms with Crippen molar-refractivity contribution in [3.05, 3.63) is 29.8 Å². The van der Waals surface area contributed by atoms with Gasteiger partial charge < -0.3 is 10.2 Å². The molecule has 1 aliphatic heterocycles. The van der Waals surface area contributed by atoms with Crippen LogP contribution < -0.4 is 10.2 Å². The first kappa shape index (κ1) is 13.7. The summed E-state index contributed by atoms with van der Waals surface area (Å²) in [6, 6.07) is 7.75. The minimum absolute atomic E-state index is 0.0474. The van der Waals surface area contributed by atoms with Crippen molar-refractivity contribution in [2.75, 3.05) is 18.0 Å². The summed E-state index contributed by atoms with van der Waals surface area (Å²) in [5.41, 5.74) is 2.05. The predicted molar refractivity (Wildman–Crippen MR) is 66.0 cm³/mol. The van der Waals surface area contributed by atoms with Crippen LogP contribution in [0.15, 0.2) is 24.3 Å². The second-order valence-corrected chi connectivity index (χ2v) is 4.70. The summed E-state index contributed by atoms with van der Waals surface area (Å²) < 4.78 is 36.1. The van der Waals surface area contributed by atoms with Crippen LogP contribution in [-0.4, -0.2) is 31.2 Å². The van der Waals surface area contributed by atoms with E-state index in [1.165, 1.54) is 0 Å². The van der Waals surface area contributed by atoms with E-state index in [-0.39, 0.29) is 12.6 Å². The van der Waals surface area contributed by atoms with E-state index in [0.717, 1.165) is 17.7 Å². The predicted octanol–water partition coefficient (Wildman–Crippen LogP) is 2.12. The molecule has 1 aromatic carbocycles. The molecule has 1 amide bonds. The van der Waals surface area contributed by atoms with Crippen molar-refractivity contribution < 1.29 is 18.0 Å². The number of nitrogens with zero attached hydrogens (tertiary/aromatic N) is 1. The molecule has 1 heterocycles. The van der Waals surface area contributed by atoms with E-state index >= 15 is 0 Å². The zero-order chi connectivity index (χ0) is 14.0. The number of para-hydroxylation sites is 1. The van der Waals surface area contributed by atoms with Gasteiger partial charge in [-0.1, -0.05) is 18.2 Å². The van der Waals surface area contributed by atoms with E-state index in [1.807, 2.05) is 41.4 Å². The molecule has 1 aliphatic rings. The highest BCUT2D eigenvalue weighted by Gasteiger charge is 2.30. The van der Waals surface area contributed by atoms with Gasteiger partial charge in [-0.2, -0.15) is 13.2 Å². The van der Waals surface area contributed by atoms with E-state index in [1.54, 1.807) is 0 Å². The number of halogens is 3. The lowest BCUT2D eigenvalue weighted by atomic mass is 10.1. The summed E-state index contributed by atoms with van der Waals surface area (Å²) in [6.07, 6.45) is -3.56. The molecule has 3 nitrogen and oxygen atoms in total. The third kappa shape index (κ3) is 3.39. The summed E-state index contributed by atoms with van der Waals surface area (Å²) in [5.74, 6) is -0.610. The average Bonchev–Trinajstić information content (AvgIpc) is 2.63. The molecule has 1 aromatic rings. The molecule has 104 valence electrons. The Kier molecular flexibility index (Phi) is 3.68. The molecule has 0 fully saturated rings. The number of rotatable bonds is 3. The van der Waals surface area contributed by atoms with Gasteiger partial charge >= 0.3 is 6.18 Å². The maximum absolute atomic E-state index is 12.0. The SMILES string of the molecule is CC1Cc2ccccc2N1CC(=O)NCC(F)(F)F.